The molecule has 2 aliphatic heterocycles. The Kier molecular flexibility index (Phi) is 6.86. The molecule has 6 heterocycles. The van der Waals surface area contributed by atoms with E-state index in [-0.39, 0.29) is 23.4 Å². The molecule has 0 unspecified atom stereocenters. The van der Waals surface area contributed by atoms with Gasteiger partial charge >= 0.3 is 5.69 Å². The summed E-state index contributed by atoms with van der Waals surface area (Å²) in [6, 6.07) is 10.2. The minimum Gasteiger partial charge on any atom is -0.463 e. The van der Waals surface area contributed by atoms with Crippen LogP contribution in [0, 0.1) is 5.82 Å². The van der Waals surface area contributed by atoms with E-state index in [9.17, 15) is 9.59 Å². The number of fused-ring (bicyclic) bond motifs is 3. The van der Waals surface area contributed by atoms with E-state index in [0.717, 1.165) is 13.1 Å². The monoisotopic (exact) mass is 588 g/mol. The van der Waals surface area contributed by atoms with Gasteiger partial charge < -0.3 is 25.3 Å². The molecular formula is C29H33FN10O3. The maximum Gasteiger partial charge on any atom is 0.330 e. The number of nitrogens with two attached hydrogens (primary N) is 1. The van der Waals surface area contributed by atoms with Gasteiger partial charge in [-0.2, -0.15) is 14.6 Å². The van der Waals surface area contributed by atoms with Crippen LogP contribution < -0.4 is 21.6 Å². The minimum absolute atomic E-state index is 0.136. The molecule has 14 heteroatoms. The Bertz CT molecular complexity index is 1860. The smallest absolute Gasteiger partial charge is 0.330 e. The summed E-state index contributed by atoms with van der Waals surface area (Å²) < 4.78 is 25.4. The highest BCUT2D eigenvalue weighted by Gasteiger charge is 2.24. The molecule has 0 atom stereocenters. The molecule has 7 rings (SSSR count). The fourth-order valence-corrected chi connectivity index (χ4v) is 6.07. The number of aryl methyl sites for hydroxylation is 1. The van der Waals surface area contributed by atoms with Gasteiger partial charge in [-0.25, -0.2) is 9.18 Å². The van der Waals surface area contributed by atoms with Crippen LogP contribution in [0.2, 0.25) is 0 Å². The SMILES string of the molecule is Cn1c(=O)n(CCN2CCN(c3ccc(C(=O)N4CCNCC4)cc3F)CC2)c2nc(N)n3nc(-c4ccco4)cc3c21. The second-order valence-corrected chi connectivity index (χ2v) is 11.0. The standard InChI is InChI=1S/C29H33FN10O3/c1-35-25-23-18-21(24-3-2-16-43-24)34-40(23)28(31)33-26(25)39(29(35)42)15-12-36-10-13-37(14-11-36)22-5-4-19(17-20(22)30)27(41)38-8-6-32-7-9-38/h2-5,16-18,32H,6-15H2,1H3,(H2,31,33). The number of halogens is 1. The summed E-state index contributed by atoms with van der Waals surface area (Å²) in [4.78, 5) is 36.6. The number of hydrogen-bond donors (Lipinski definition) is 2. The first-order valence-corrected chi connectivity index (χ1v) is 14.4. The number of nitrogen functional groups attached to an aromatic ring is 1. The molecule has 0 spiro atoms. The fourth-order valence-electron chi connectivity index (χ4n) is 6.07. The van der Waals surface area contributed by atoms with Crippen LogP contribution in [0.15, 0.2) is 51.9 Å². The zero-order valence-corrected chi connectivity index (χ0v) is 23.9. The van der Waals surface area contributed by atoms with E-state index in [4.69, 9.17) is 10.2 Å². The second-order valence-electron chi connectivity index (χ2n) is 11.0. The molecule has 2 saturated heterocycles. The first-order chi connectivity index (χ1) is 20.9. The highest BCUT2D eigenvalue weighted by molar-refractivity contribution is 5.95. The number of rotatable bonds is 6. The lowest BCUT2D eigenvalue weighted by Gasteiger charge is -2.36. The molecule has 2 fully saturated rings. The highest BCUT2D eigenvalue weighted by Crippen LogP contribution is 2.27. The molecule has 4 aromatic heterocycles. The topological polar surface area (TPSA) is 135 Å². The maximum absolute atomic E-state index is 15.1. The van der Waals surface area contributed by atoms with Crippen molar-refractivity contribution in [2.75, 3.05) is 69.5 Å². The molecule has 3 N–H and O–H groups in total. The predicted octanol–water partition coefficient (Wildman–Crippen LogP) is 1.23. The Morgan fingerprint density at radius 3 is 2.58 bits per heavy atom. The molecule has 5 aromatic rings. The van der Waals surface area contributed by atoms with E-state index >= 15 is 4.39 Å². The Balaban J connectivity index is 1.04. The van der Waals surface area contributed by atoms with Gasteiger partial charge in [0.05, 0.1) is 17.5 Å². The number of benzene rings is 1. The van der Waals surface area contributed by atoms with Crippen molar-refractivity contribution in [3.05, 3.63) is 64.5 Å². The summed E-state index contributed by atoms with van der Waals surface area (Å²) in [7, 11) is 1.72. The van der Waals surface area contributed by atoms with Crippen LogP contribution in [0.3, 0.4) is 0 Å². The number of amides is 1. The zero-order chi connectivity index (χ0) is 29.7. The third-order valence-corrected chi connectivity index (χ3v) is 8.44. The van der Waals surface area contributed by atoms with Gasteiger partial charge in [0.2, 0.25) is 5.95 Å². The van der Waals surface area contributed by atoms with Crippen LogP contribution in [0.4, 0.5) is 16.0 Å². The Morgan fingerprint density at radius 2 is 1.86 bits per heavy atom. The molecule has 2 aliphatic rings. The predicted molar refractivity (Wildman–Crippen MR) is 160 cm³/mol. The molecule has 1 amide bonds. The van der Waals surface area contributed by atoms with Crippen molar-refractivity contribution in [3.63, 3.8) is 0 Å². The molecule has 0 bridgehead atoms. The minimum atomic E-state index is -0.387. The van der Waals surface area contributed by atoms with Crippen LogP contribution in [0.1, 0.15) is 10.4 Å². The Morgan fingerprint density at radius 1 is 1.07 bits per heavy atom. The van der Waals surface area contributed by atoms with E-state index in [1.54, 1.807) is 45.5 Å². The van der Waals surface area contributed by atoms with Crippen LogP contribution >= 0.6 is 0 Å². The molecule has 1 aromatic carbocycles. The lowest BCUT2D eigenvalue weighted by atomic mass is 10.1. The maximum atomic E-state index is 15.1. The van der Waals surface area contributed by atoms with E-state index in [1.807, 2.05) is 17.0 Å². The van der Waals surface area contributed by atoms with E-state index in [1.165, 1.54) is 10.6 Å². The van der Waals surface area contributed by atoms with Gasteiger partial charge in [0, 0.05) is 78.1 Å². The summed E-state index contributed by atoms with van der Waals surface area (Å²) in [6.45, 7) is 6.46. The average Bonchev–Trinajstić information content (AvgIpc) is 3.77. The first-order valence-electron chi connectivity index (χ1n) is 14.4. The molecule has 0 saturated carbocycles. The first kappa shape index (κ1) is 27.2. The summed E-state index contributed by atoms with van der Waals surface area (Å²) >= 11 is 0. The third kappa shape index (κ3) is 4.81. The van der Waals surface area contributed by atoms with Crippen molar-refractivity contribution in [2.45, 2.75) is 6.54 Å². The van der Waals surface area contributed by atoms with Crippen LogP contribution in [0.5, 0.6) is 0 Å². The van der Waals surface area contributed by atoms with Gasteiger partial charge in [0.1, 0.15) is 17.0 Å². The third-order valence-electron chi connectivity index (χ3n) is 8.44. The fraction of sp³-hybridized carbons (Fsp3) is 0.379. The number of anilines is 2. The van der Waals surface area contributed by atoms with Gasteiger partial charge in [-0.05, 0) is 36.4 Å². The quantitative estimate of drug-likeness (QED) is 0.300. The van der Waals surface area contributed by atoms with E-state index < -0.39 is 0 Å². The summed E-state index contributed by atoms with van der Waals surface area (Å²) in [6.07, 6.45) is 1.58. The van der Waals surface area contributed by atoms with Gasteiger partial charge in [-0.3, -0.25) is 18.8 Å². The number of carbonyl (C=O) groups is 1. The second kappa shape index (κ2) is 10.9. The van der Waals surface area contributed by atoms with Crippen molar-refractivity contribution in [1.82, 2.24) is 38.8 Å². The molecule has 0 aliphatic carbocycles. The van der Waals surface area contributed by atoms with Gasteiger partial charge in [0.15, 0.2) is 11.4 Å². The lowest BCUT2D eigenvalue weighted by molar-refractivity contribution is 0.0735. The number of imidazole rings is 1. The Hall–Kier alpha value is -4.69. The van der Waals surface area contributed by atoms with Crippen molar-refractivity contribution in [2.24, 2.45) is 7.05 Å². The summed E-state index contributed by atoms with van der Waals surface area (Å²) in [5, 5.41) is 7.75. The number of carbonyl (C=O) groups excluding carboxylic acids is 1. The normalized spacial score (nSPS) is 16.5. The highest BCUT2D eigenvalue weighted by atomic mass is 19.1. The molecule has 0 radical (unpaired) electrons. The van der Waals surface area contributed by atoms with Gasteiger partial charge in [0.25, 0.3) is 5.91 Å². The van der Waals surface area contributed by atoms with Crippen molar-refractivity contribution in [1.29, 1.82) is 0 Å². The number of piperazine rings is 2. The van der Waals surface area contributed by atoms with Crippen molar-refractivity contribution >= 4 is 34.2 Å². The number of aromatic nitrogens is 5. The molecule has 13 nitrogen and oxygen atoms in total. The van der Waals surface area contributed by atoms with Crippen molar-refractivity contribution in [3.8, 4) is 11.5 Å². The number of nitrogens with one attached hydrogen (secondary N) is 1. The van der Waals surface area contributed by atoms with Crippen LogP contribution in [-0.2, 0) is 13.6 Å². The van der Waals surface area contributed by atoms with Gasteiger partial charge in [-0.15, -0.1) is 0 Å². The molecule has 43 heavy (non-hydrogen) atoms. The number of furan rings is 1. The number of nitrogens with zero attached hydrogens (tertiary/aromatic N) is 8. The summed E-state index contributed by atoms with van der Waals surface area (Å²) in [5.74, 6) is 0.251. The summed E-state index contributed by atoms with van der Waals surface area (Å²) in [5.41, 5.74) is 9.37. The van der Waals surface area contributed by atoms with E-state index in [0.29, 0.717) is 91.7 Å². The van der Waals surface area contributed by atoms with Crippen molar-refractivity contribution < 1.29 is 13.6 Å². The lowest BCUT2D eigenvalue weighted by Crippen LogP contribution is -2.48. The van der Waals surface area contributed by atoms with E-state index in [2.05, 4.69) is 20.3 Å². The molecule has 224 valence electrons. The average molecular weight is 589 g/mol. The molecular weight excluding hydrogens is 555 g/mol. The van der Waals surface area contributed by atoms with Crippen LogP contribution in [0.25, 0.3) is 28.1 Å². The largest absolute Gasteiger partial charge is 0.463 e. The zero-order valence-electron chi connectivity index (χ0n) is 23.9. The van der Waals surface area contributed by atoms with Crippen LogP contribution in [-0.4, -0.2) is 98.3 Å². The number of hydrogen-bond acceptors (Lipinski definition) is 9. The van der Waals surface area contributed by atoms with Gasteiger partial charge in [-0.1, -0.05) is 0 Å². The Labute approximate surface area is 245 Å².